The predicted octanol–water partition coefficient (Wildman–Crippen LogP) is 3.08. The van der Waals surface area contributed by atoms with Gasteiger partial charge < -0.3 is 15.5 Å². The Kier molecular flexibility index (Phi) is 9.72. The first-order chi connectivity index (χ1) is 11.2. The highest BCUT2D eigenvalue weighted by atomic mass is 127. The van der Waals surface area contributed by atoms with Crippen LogP contribution in [0.4, 0.5) is 14.5 Å². The molecule has 0 amide bonds. The minimum absolute atomic E-state index is 0. The number of aliphatic imine (C=N–C) groups is 1. The number of guanidine groups is 1. The lowest BCUT2D eigenvalue weighted by atomic mass is 10.2. The van der Waals surface area contributed by atoms with E-state index in [1.54, 1.807) is 11.9 Å². The summed E-state index contributed by atoms with van der Waals surface area (Å²) in [6.07, 6.45) is 3.97. The molecular formula is C16H25F2IN4S. The van der Waals surface area contributed by atoms with Crippen LogP contribution in [0.3, 0.4) is 0 Å². The monoisotopic (exact) mass is 470 g/mol. The largest absolute Gasteiger partial charge is 0.365 e. The molecule has 1 aliphatic rings. The van der Waals surface area contributed by atoms with E-state index in [0.717, 1.165) is 31.1 Å². The number of thioether (sulfide) groups is 1. The lowest BCUT2D eigenvalue weighted by Crippen LogP contribution is -2.45. The summed E-state index contributed by atoms with van der Waals surface area (Å²) in [5.74, 6) is 0.829. The Bertz CT molecular complexity index is 525. The molecule has 0 bridgehead atoms. The smallest absolute Gasteiger partial charge is 0.191 e. The quantitative estimate of drug-likeness (QED) is 0.290. The molecule has 1 heterocycles. The molecule has 0 aromatic heterocycles. The highest BCUT2D eigenvalue weighted by molar-refractivity contribution is 14.0. The van der Waals surface area contributed by atoms with E-state index in [-0.39, 0.29) is 35.7 Å². The van der Waals surface area contributed by atoms with E-state index in [0.29, 0.717) is 13.1 Å². The lowest BCUT2D eigenvalue weighted by molar-refractivity contribution is 0.576. The third kappa shape index (κ3) is 5.94. The minimum atomic E-state index is -0.509. The van der Waals surface area contributed by atoms with E-state index < -0.39 is 11.6 Å². The summed E-state index contributed by atoms with van der Waals surface area (Å²) in [6.45, 7) is 2.04. The van der Waals surface area contributed by atoms with E-state index in [2.05, 4.69) is 21.9 Å². The fraction of sp³-hybridized carbons (Fsp3) is 0.562. The van der Waals surface area contributed by atoms with E-state index in [1.165, 1.54) is 18.2 Å². The average Bonchev–Trinajstić information content (AvgIpc) is 2.98. The Morgan fingerprint density at radius 2 is 2.08 bits per heavy atom. The first-order valence-corrected chi connectivity index (χ1v) is 9.20. The van der Waals surface area contributed by atoms with Crippen molar-refractivity contribution in [3.8, 4) is 0 Å². The number of benzene rings is 1. The molecule has 8 heteroatoms. The van der Waals surface area contributed by atoms with Crippen molar-refractivity contribution in [2.75, 3.05) is 43.6 Å². The van der Waals surface area contributed by atoms with Gasteiger partial charge in [0.05, 0.1) is 0 Å². The summed E-state index contributed by atoms with van der Waals surface area (Å²) in [5, 5.41) is 6.59. The van der Waals surface area contributed by atoms with Crippen LogP contribution in [0.1, 0.15) is 12.8 Å². The van der Waals surface area contributed by atoms with E-state index in [1.807, 2.05) is 11.8 Å². The number of rotatable bonds is 6. The molecular weight excluding hydrogens is 445 g/mol. The van der Waals surface area contributed by atoms with Gasteiger partial charge in [-0.25, -0.2) is 8.78 Å². The summed E-state index contributed by atoms with van der Waals surface area (Å²) in [5.41, 5.74) is 0.0692. The molecule has 2 rings (SSSR count). The van der Waals surface area contributed by atoms with Crippen molar-refractivity contribution >= 4 is 47.4 Å². The topological polar surface area (TPSA) is 39.7 Å². The van der Waals surface area contributed by atoms with Crippen LogP contribution < -0.4 is 15.5 Å². The molecule has 0 spiro atoms. The van der Waals surface area contributed by atoms with Gasteiger partial charge in [-0.05, 0) is 37.0 Å². The van der Waals surface area contributed by atoms with Gasteiger partial charge in [0.1, 0.15) is 17.3 Å². The molecule has 24 heavy (non-hydrogen) atoms. The van der Waals surface area contributed by atoms with Gasteiger partial charge in [-0.2, -0.15) is 11.8 Å². The maximum Gasteiger partial charge on any atom is 0.191 e. The predicted molar refractivity (Wildman–Crippen MR) is 110 cm³/mol. The number of nitrogens with zero attached hydrogens (tertiary/aromatic N) is 2. The molecule has 1 atom stereocenters. The molecule has 4 nitrogen and oxygen atoms in total. The molecule has 2 N–H and O–H groups in total. The van der Waals surface area contributed by atoms with Crippen molar-refractivity contribution in [2.24, 2.45) is 4.99 Å². The second kappa shape index (κ2) is 11.0. The first kappa shape index (κ1) is 21.3. The van der Waals surface area contributed by atoms with Gasteiger partial charge in [-0.15, -0.1) is 24.0 Å². The second-order valence-corrected chi connectivity index (χ2v) is 6.48. The van der Waals surface area contributed by atoms with E-state index >= 15 is 0 Å². The van der Waals surface area contributed by atoms with Gasteiger partial charge in [0.15, 0.2) is 5.96 Å². The summed E-state index contributed by atoms with van der Waals surface area (Å²) in [6, 6.07) is 4.11. The van der Waals surface area contributed by atoms with Crippen molar-refractivity contribution in [3.63, 3.8) is 0 Å². The third-order valence-corrected chi connectivity index (χ3v) is 4.52. The van der Waals surface area contributed by atoms with Crippen molar-refractivity contribution in [1.29, 1.82) is 0 Å². The average molecular weight is 470 g/mol. The van der Waals surface area contributed by atoms with Crippen LogP contribution in [0, 0.1) is 11.6 Å². The zero-order chi connectivity index (χ0) is 16.7. The van der Waals surface area contributed by atoms with Gasteiger partial charge in [0.2, 0.25) is 0 Å². The Labute approximate surface area is 163 Å². The van der Waals surface area contributed by atoms with Crippen LogP contribution in [0.15, 0.2) is 23.2 Å². The number of hydrogen-bond acceptors (Lipinski definition) is 3. The van der Waals surface area contributed by atoms with Crippen molar-refractivity contribution in [1.82, 2.24) is 10.6 Å². The maximum atomic E-state index is 13.9. The van der Waals surface area contributed by atoms with E-state index in [9.17, 15) is 8.78 Å². The number of para-hydroxylation sites is 1. The SMILES string of the molecule is CN=C(NCCCSC)NC1CCN(c2c(F)cccc2F)C1.I. The van der Waals surface area contributed by atoms with Crippen LogP contribution in [-0.2, 0) is 0 Å². The van der Waals surface area contributed by atoms with Crippen molar-refractivity contribution in [2.45, 2.75) is 18.9 Å². The number of anilines is 1. The number of halogens is 3. The molecule has 0 saturated carbocycles. The summed E-state index contributed by atoms with van der Waals surface area (Å²) >= 11 is 1.82. The highest BCUT2D eigenvalue weighted by Gasteiger charge is 2.27. The van der Waals surface area contributed by atoms with Crippen molar-refractivity contribution in [3.05, 3.63) is 29.8 Å². The first-order valence-electron chi connectivity index (χ1n) is 7.80. The molecule has 1 saturated heterocycles. The van der Waals surface area contributed by atoms with Gasteiger partial charge in [0.25, 0.3) is 0 Å². The van der Waals surface area contributed by atoms with Crippen LogP contribution >= 0.6 is 35.7 Å². The second-order valence-electron chi connectivity index (χ2n) is 5.49. The van der Waals surface area contributed by atoms with Crippen LogP contribution in [0.2, 0.25) is 0 Å². The molecule has 136 valence electrons. The highest BCUT2D eigenvalue weighted by Crippen LogP contribution is 2.26. The Balaban J connectivity index is 0.00000288. The normalized spacial score (nSPS) is 17.6. The fourth-order valence-corrected chi connectivity index (χ4v) is 3.12. The standard InChI is InChI=1S/C16H24F2N4S.HI/c1-19-16(20-8-4-10-23-2)21-12-7-9-22(11-12)15-13(17)5-3-6-14(15)18;/h3,5-6,12H,4,7-11H2,1-2H3,(H2,19,20,21);1H. The Hall–Kier alpha value is -0.770. The molecule has 1 fully saturated rings. The van der Waals surface area contributed by atoms with Crippen LogP contribution in [0.25, 0.3) is 0 Å². The maximum absolute atomic E-state index is 13.9. The summed E-state index contributed by atoms with van der Waals surface area (Å²) < 4.78 is 27.7. The molecule has 1 aromatic carbocycles. The van der Waals surface area contributed by atoms with E-state index in [4.69, 9.17) is 0 Å². The molecule has 1 unspecified atom stereocenters. The van der Waals surface area contributed by atoms with Crippen molar-refractivity contribution < 1.29 is 8.78 Å². The van der Waals surface area contributed by atoms with Crippen LogP contribution in [0.5, 0.6) is 0 Å². The molecule has 1 aromatic rings. The van der Waals surface area contributed by atoms with Gasteiger partial charge in [0, 0.05) is 32.7 Å². The third-order valence-electron chi connectivity index (χ3n) is 3.82. The number of nitrogens with one attached hydrogen (secondary N) is 2. The number of hydrogen-bond donors (Lipinski definition) is 2. The summed E-state index contributed by atoms with van der Waals surface area (Å²) in [4.78, 5) is 5.96. The minimum Gasteiger partial charge on any atom is -0.365 e. The van der Waals surface area contributed by atoms with Crippen LogP contribution in [-0.4, -0.2) is 50.7 Å². The zero-order valence-corrected chi connectivity index (χ0v) is 17.2. The lowest BCUT2D eigenvalue weighted by Gasteiger charge is -2.21. The Morgan fingerprint density at radius 1 is 1.38 bits per heavy atom. The Morgan fingerprint density at radius 3 is 2.71 bits per heavy atom. The molecule has 0 aliphatic carbocycles. The van der Waals surface area contributed by atoms with Gasteiger partial charge in [-0.3, -0.25) is 4.99 Å². The van der Waals surface area contributed by atoms with Gasteiger partial charge in [-0.1, -0.05) is 6.07 Å². The molecule has 1 aliphatic heterocycles. The molecule has 0 radical (unpaired) electrons. The summed E-state index contributed by atoms with van der Waals surface area (Å²) in [7, 11) is 1.73. The fourth-order valence-electron chi connectivity index (χ4n) is 2.68. The van der Waals surface area contributed by atoms with Gasteiger partial charge >= 0.3 is 0 Å². The zero-order valence-electron chi connectivity index (χ0n) is 14.0.